The SMILES string of the molecule is O=C(O)NC1CC(Oc2ccc3ccc(F)cc3c2)C1. The minimum atomic E-state index is -1.00. The minimum Gasteiger partial charge on any atom is -0.490 e. The zero-order valence-corrected chi connectivity index (χ0v) is 10.7. The van der Waals surface area contributed by atoms with Gasteiger partial charge in [0.2, 0.25) is 0 Å². The van der Waals surface area contributed by atoms with Crippen LogP contribution in [-0.2, 0) is 0 Å². The van der Waals surface area contributed by atoms with E-state index in [9.17, 15) is 9.18 Å². The normalized spacial score (nSPS) is 21.2. The van der Waals surface area contributed by atoms with E-state index < -0.39 is 6.09 Å². The number of ether oxygens (including phenoxy) is 1. The smallest absolute Gasteiger partial charge is 0.404 e. The molecule has 1 aliphatic carbocycles. The minimum absolute atomic E-state index is 0.0119. The Morgan fingerprint density at radius 1 is 1.20 bits per heavy atom. The van der Waals surface area contributed by atoms with Gasteiger partial charge in [-0.15, -0.1) is 0 Å². The summed E-state index contributed by atoms with van der Waals surface area (Å²) in [6, 6.07) is 10.1. The van der Waals surface area contributed by atoms with Gasteiger partial charge in [-0.05, 0) is 35.0 Å². The molecule has 1 saturated carbocycles. The molecule has 0 unspecified atom stereocenters. The Kier molecular flexibility index (Phi) is 3.18. The van der Waals surface area contributed by atoms with Gasteiger partial charge in [-0.25, -0.2) is 9.18 Å². The number of nitrogens with one attached hydrogen (secondary N) is 1. The largest absolute Gasteiger partial charge is 0.490 e. The molecule has 2 aromatic rings. The summed E-state index contributed by atoms with van der Waals surface area (Å²) >= 11 is 0. The molecule has 0 radical (unpaired) electrons. The van der Waals surface area contributed by atoms with Crippen LogP contribution in [0.15, 0.2) is 36.4 Å². The molecule has 0 aromatic heterocycles. The standard InChI is InChI=1S/C15H14FNO3/c16-11-3-1-9-2-4-13(6-10(9)5-11)20-14-7-12(8-14)17-15(18)19/h1-6,12,14,17H,7-8H2,(H,18,19). The zero-order chi connectivity index (χ0) is 14.1. The van der Waals surface area contributed by atoms with Gasteiger partial charge in [0.05, 0.1) is 0 Å². The molecule has 0 heterocycles. The van der Waals surface area contributed by atoms with Crippen LogP contribution in [0.5, 0.6) is 5.75 Å². The summed E-state index contributed by atoms with van der Waals surface area (Å²) in [7, 11) is 0. The molecule has 1 amide bonds. The molecule has 0 bridgehead atoms. The third-order valence-electron chi connectivity index (χ3n) is 3.50. The van der Waals surface area contributed by atoms with E-state index in [1.165, 1.54) is 12.1 Å². The third-order valence-corrected chi connectivity index (χ3v) is 3.50. The van der Waals surface area contributed by atoms with E-state index in [2.05, 4.69) is 5.32 Å². The second-order valence-electron chi connectivity index (χ2n) is 5.01. The van der Waals surface area contributed by atoms with Crippen molar-refractivity contribution in [1.29, 1.82) is 0 Å². The molecule has 20 heavy (non-hydrogen) atoms. The number of benzene rings is 2. The summed E-state index contributed by atoms with van der Waals surface area (Å²) in [5.74, 6) is 0.408. The lowest BCUT2D eigenvalue weighted by molar-refractivity contribution is 0.0835. The lowest BCUT2D eigenvalue weighted by Gasteiger charge is -2.35. The summed E-state index contributed by atoms with van der Waals surface area (Å²) in [4.78, 5) is 10.5. The van der Waals surface area contributed by atoms with Gasteiger partial charge in [0.1, 0.15) is 17.7 Å². The molecular formula is C15H14FNO3. The van der Waals surface area contributed by atoms with E-state index >= 15 is 0 Å². The van der Waals surface area contributed by atoms with E-state index in [4.69, 9.17) is 9.84 Å². The molecule has 0 spiro atoms. The van der Waals surface area contributed by atoms with Crippen molar-refractivity contribution in [3.05, 3.63) is 42.2 Å². The topological polar surface area (TPSA) is 58.6 Å². The summed E-state index contributed by atoms with van der Waals surface area (Å²) in [6.45, 7) is 0. The highest BCUT2D eigenvalue weighted by molar-refractivity contribution is 5.83. The van der Waals surface area contributed by atoms with Gasteiger partial charge in [-0.3, -0.25) is 0 Å². The van der Waals surface area contributed by atoms with Gasteiger partial charge in [-0.1, -0.05) is 12.1 Å². The Morgan fingerprint density at radius 2 is 1.95 bits per heavy atom. The van der Waals surface area contributed by atoms with E-state index in [0.717, 1.165) is 10.8 Å². The van der Waals surface area contributed by atoms with Crippen LogP contribution in [0.3, 0.4) is 0 Å². The first-order valence-corrected chi connectivity index (χ1v) is 6.45. The second kappa shape index (κ2) is 5.00. The molecule has 2 N–H and O–H groups in total. The fourth-order valence-corrected chi connectivity index (χ4v) is 2.42. The van der Waals surface area contributed by atoms with Gasteiger partial charge in [0, 0.05) is 18.9 Å². The van der Waals surface area contributed by atoms with Crippen molar-refractivity contribution < 1.29 is 19.0 Å². The average Bonchev–Trinajstić information content (AvgIpc) is 2.35. The first-order valence-electron chi connectivity index (χ1n) is 6.45. The van der Waals surface area contributed by atoms with Crippen LogP contribution in [0.4, 0.5) is 9.18 Å². The Hall–Kier alpha value is -2.30. The van der Waals surface area contributed by atoms with Gasteiger partial charge >= 0.3 is 6.09 Å². The molecule has 5 heteroatoms. The molecule has 0 atom stereocenters. The monoisotopic (exact) mass is 275 g/mol. The number of halogens is 1. The average molecular weight is 275 g/mol. The number of amides is 1. The molecule has 104 valence electrons. The van der Waals surface area contributed by atoms with Crippen LogP contribution < -0.4 is 10.1 Å². The van der Waals surface area contributed by atoms with Crippen LogP contribution in [-0.4, -0.2) is 23.3 Å². The Morgan fingerprint density at radius 3 is 2.70 bits per heavy atom. The second-order valence-corrected chi connectivity index (χ2v) is 5.01. The van der Waals surface area contributed by atoms with Crippen molar-refractivity contribution in [1.82, 2.24) is 5.32 Å². The molecule has 2 aromatic carbocycles. The van der Waals surface area contributed by atoms with E-state index in [1.807, 2.05) is 12.1 Å². The summed E-state index contributed by atoms with van der Waals surface area (Å²) < 4.78 is 18.9. The quantitative estimate of drug-likeness (QED) is 0.904. The number of rotatable bonds is 3. The molecule has 1 aliphatic rings. The first kappa shape index (κ1) is 12.7. The van der Waals surface area contributed by atoms with Crippen LogP contribution >= 0.6 is 0 Å². The summed E-state index contributed by atoms with van der Waals surface area (Å²) in [5, 5.41) is 12.8. The fourth-order valence-electron chi connectivity index (χ4n) is 2.42. The lowest BCUT2D eigenvalue weighted by Crippen LogP contribution is -2.48. The summed E-state index contributed by atoms with van der Waals surface area (Å²) in [6.07, 6.45) is 0.327. The van der Waals surface area contributed by atoms with Crippen LogP contribution in [0.1, 0.15) is 12.8 Å². The lowest BCUT2D eigenvalue weighted by atomic mass is 9.89. The van der Waals surface area contributed by atoms with E-state index in [0.29, 0.717) is 18.6 Å². The first-order chi connectivity index (χ1) is 9.60. The highest BCUT2D eigenvalue weighted by atomic mass is 19.1. The molecule has 0 aliphatic heterocycles. The predicted molar refractivity (Wildman–Crippen MR) is 72.5 cm³/mol. The number of carboxylic acid groups (broad SMARTS) is 1. The van der Waals surface area contributed by atoms with Crippen molar-refractivity contribution in [2.75, 3.05) is 0 Å². The van der Waals surface area contributed by atoms with Gasteiger partial charge in [0.25, 0.3) is 0 Å². The molecular weight excluding hydrogens is 261 g/mol. The Labute approximate surface area is 115 Å². The maximum atomic E-state index is 13.2. The zero-order valence-electron chi connectivity index (χ0n) is 10.7. The van der Waals surface area contributed by atoms with Crippen LogP contribution in [0.25, 0.3) is 10.8 Å². The number of hydrogen-bond acceptors (Lipinski definition) is 2. The van der Waals surface area contributed by atoms with Gasteiger partial charge in [-0.2, -0.15) is 0 Å². The number of fused-ring (bicyclic) bond motifs is 1. The van der Waals surface area contributed by atoms with Crippen LogP contribution in [0.2, 0.25) is 0 Å². The third kappa shape index (κ3) is 2.66. The Bertz CT molecular complexity index is 653. The molecule has 3 rings (SSSR count). The highest BCUT2D eigenvalue weighted by Gasteiger charge is 2.31. The van der Waals surface area contributed by atoms with Crippen molar-refractivity contribution >= 4 is 16.9 Å². The van der Waals surface area contributed by atoms with Crippen molar-refractivity contribution in [2.45, 2.75) is 25.0 Å². The van der Waals surface area contributed by atoms with Gasteiger partial charge < -0.3 is 15.2 Å². The maximum Gasteiger partial charge on any atom is 0.404 e. The number of hydrogen-bond donors (Lipinski definition) is 2. The van der Waals surface area contributed by atoms with Crippen molar-refractivity contribution in [2.24, 2.45) is 0 Å². The van der Waals surface area contributed by atoms with Crippen LogP contribution in [0, 0.1) is 5.82 Å². The van der Waals surface area contributed by atoms with E-state index in [-0.39, 0.29) is 18.0 Å². The van der Waals surface area contributed by atoms with Gasteiger partial charge in [0.15, 0.2) is 0 Å². The van der Waals surface area contributed by atoms with E-state index in [1.54, 1.807) is 12.1 Å². The number of carbonyl (C=O) groups is 1. The molecule has 4 nitrogen and oxygen atoms in total. The van der Waals surface area contributed by atoms with Crippen molar-refractivity contribution in [3.8, 4) is 5.75 Å². The maximum absolute atomic E-state index is 13.2. The fraction of sp³-hybridized carbons (Fsp3) is 0.267. The summed E-state index contributed by atoms with van der Waals surface area (Å²) in [5.41, 5.74) is 0. The predicted octanol–water partition coefficient (Wildman–Crippen LogP) is 3.16. The highest BCUT2D eigenvalue weighted by Crippen LogP contribution is 2.28. The molecule has 0 saturated heterocycles. The van der Waals surface area contributed by atoms with Crippen molar-refractivity contribution in [3.63, 3.8) is 0 Å². The Balaban J connectivity index is 1.65. The molecule has 1 fully saturated rings.